The van der Waals surface area contributed by atoms with Crippen molar-refractivity contribution in [2.45, 2.75) is 18.7 Å². The lowest BCUT2D eigenvalue weighted by atomic mass is 10.1. The molecule has 0 fully saturated rings. The third-order valence-corrected chi connectivity index (χ3v) is 2.26. The smallest absolute Gasteiger partial charge is 0.224 e. The second-order valence-corrected chi connectivity index (χ2v) is 3.11. The van der Waals surface area contributed by atoms with Gasteiger partial charge in [-0.1, -0.05) is 15.9 Å². The highest BCUT2D eigenvalue weighted by atomic mass is 79.9. The van der Waals surface area contributed by atoms with E-state index in [2.05, 4.69) is 20.9 Å². The van der Waals surface area contributed by atoms with Crippen molar-refractivity contribution in [3.63, 3.8) is 0 Å². The zero-order chi connectivity index (χ0) is 10.0. The molecule has 0 spiro atoms. The Morgan fingerprint density at radius 3 is 2.62 bits per heavy atom. The highest BCUT2D eigenvalue weighted by Gasteiger charge is 2.15. The van der Waals surface area contributed by atoms with Crippen LogP contribution in [-0.4, -0.2) is 4.98 Å². The lowest BCUT2D eigenvalue weighted by Gasteiger charge is -2.06. The number of pyridine rings is 1. The van der Waals surface area contributed by atoms with Gasteiger partial charge in [-0.05, 0) is 13.0 Å². The van der Waals surface area contributed by atoms with Gasteiger partial charge in [-0.3, -0.25) is 0 Å². The minimum atomic E-state index is -2.61. The summed E-state index contributed by atoms with van der Waals surface area (Å²) in [4.78, 5) is 3.39. The first-order valence-corrected chi connectivity index (χ1v) is 4.68. The summed E-state index contributed by atoms with van der Waals surface area (Å²) < 4.78 is 37.5. The molecule has 0 aromatic carbocycles. The number of halogens is 4. The van der Waals surface area contributed by atoms with E-state index in [-0.39, 0.29) is 22.2 Å². The van der Waals surface area contributed by atoms with Gasteiger partial charge in [-0.15, -0.1) is 0 Å². The molecule has 0 amide bonds. The Morgan fingerprint density at radius 2 is 2.15 bits per heavy atom. The van der Waals surface area contributed by atoms with Crippen LogP contribution in [0.4, 0.5) is 13.2 Å². The number of hydrogen-bond donors (Lipinski definition) is 0. The second-order valence-electron chi connectivity index (χ2n) is 2.55. The topological polar surface area (TPSA) is 12.9 Å². The molecule has 0 N–H and O–H groups in total. The molecule has 0 atom stereocenters. The van der Waals surface area contributed by atoms with Crippen LogP contribution in [0.1, 0.15) is 23.2 Å². The minimum absolute atomic E-state index is 0.0391. The summed E-state index contributed by atoms with van der Waals surface area (Å²) in [6.07, 6.45) is -2.61. The highest BCUT2D eigenvalue weighted by molar-refractivity contribution is 9.08. The molecule has 0 aliphatic rings. The van der Waals surface area contributed by atoms with Crippen LogP contribution in [0.3, 0.4) is 0 Å². The van der Waals surface area contributed by atoms with Crippen LogP contribution >= 0.6 is 15.9 Å². The Morgan fingerprint density at radius 1 is 1.54 bits per heavy atom. The Balaban J connectivity index is 3.22. The lowest BCUT2D eigenvalue weighted by Crippen LogP contribution is -2.00. The Kier molecular flexibility index (Phi) is 3.30. The molecule has 0 aliphatic carbocycles. The SMILES string of the molecule is Cc1nc(F)c(CBr)cc1C(F)F. The molecule has 0 aliphatic heterocycles. The molecular weight excluding hydrogens is 247 g/mol. The first kappa shape index (κ1) is 10.5. The molecule has 1 aromatic heterocycles. The maximum atomic E-state index is 12.9. The van der Waals surface area contributed by atoms with E-state index in [1.54, 1.807) is 0 Å². The fraction of sp³-hybridized carbons (Fsp3) is 0.375. The van der Waals surface area contributed by atoms with Gasteiger partial charge in [0.15, 0.2) is 0 Å². The third-order valence-electron chi connectivity index (χ3n) is 1.66. The standard InChI is InChI=1S/C8H7BrF3N/c1-4-6(7(10)11)2-5(3-9)8(12)13-4/h2,7H,3H2,1H3. The number of nitrogens with zero attached hydrogens (tertiary/aromatic N) is 1. The molecule has 1 nitrogen and oxygen atoms in total. The van der Waals surface area contributed by atoms with Gasteiger partial charge >= 0.3 is 0 Å². The molecule has 5 heteroatoms. The first-order chi connectivity index (χ1) is 6.06. The van der Waals surface area contributed by atoms with Gasteiger partial charge in [0, 0.05) is 22.2 Å². The van der Waals surface area contributed by atoms with Crippen LogP contribution in [0, 0.1) is 12.9 Å². The molecule has 0 saturated heterocycles. The van der Waals surface area contributed by atoms with E-state index in [4.69, 9.17) is 0 Å². The molecule has 1 aromatic rings. The third kappa shape index (κ3) is 2.21. The first-order valence-electron chi connectivity index (χ1n) is 3.56. The van der Waals surface area contributed by atoms with E-state index in [1.807, 2.05) is 0 Å². The Bertz CT molecular complexity index is 315. The van der Waals surface area contributed by atoms with Gasteiger partial charge in [0.1, 0.15) is 0 Å². The molecular formula is C8H7BrF3N. The van der Waals surface area contributed by atoms with Gasteiger partial charge in [0.05, 0.1) is 0 Å². The molecule has 0 unspecified atom stereocenters. The Hall–Kier alpha value is -0.580. The average molecular weight is 254 g/mol. The van der Waals surface area contributed by atoms with Crippen LogP contribution in [0.2, 0.25) is 0 Å². The number of hydrogen-bond acceptors (Lipinski definition) is 1. The van der Waals surface area contributed by atoms with Gasteiger partial charge in [-0.2, -0.15) is 4.39 Å². The number of rotatable bonds is 2. The van der Waals surface area contributed by atoms with Crippen molar-refractivity contribution in [2.75, 3.05) is 0 Å². The maximum Gasteiger partial charge on any atom is 0.265 e. The van der Waals surface area contributed by atoms with E-state index in [9.17, 15) is 13.2 Å². The summed E-state index contributed by atoms with van der Waals surface area (Å²) in [5.41, 5.74) is -0.0195. The predicted molar refractivity (Wildman–Crippen MR) is 46.5 cm³/mol. The van der Waals surface area contributed by atoms with Gasteiger partial charge in [0.2, 0.25) is 5.95 Å². The van der Waals surface area contributed by atoms with Gasteiger partial charge in [0.25, 0.3) is 6.43 Å². The zero-order valence-corrected chi connectivity index (χ0v) is 8.41. The van der Waals surface area contributed by atoms with Crippen molar-refractivity contribution in [3.05, 3.63) is 28.8 Å². The van der Waals surface area contributed by atoms with Gasteiger partial charge in [-0.25, -0.2) is 13.8 Å². The van der Waals surface area contributed by atoms with Gasteiger partial charge < -0.3 is 0 Å². The average Bonchev–Trinajstić information content (AvgIpc) is 2.03. The van der Waals surface area contributed by atoms with E-state index in [0.717, 1.165) is 6.07 Å². The molecule has 0 bridgehead atoms. The lowest BCUT2D eigenvalue weighted by molar-refractivity contribution is 0.149. The van der Waals surface area contributed by atoms with Crippen LogP contribution in [0.5, 0.6) is 0 Å². The molecule has 13 heavy (non-hydrogen) atoms. The Labute approximate surface area is 82.1 Å². The summed E-state index contributed by atoms with van der Waals surface area (Å²) in [5.74, 6) is -0.696. The molecule has 0 saturated carbocycles. The van der Waals surface area contributed by atoms with Crippen molar-refractivity contribution in [3.8, 4) is 0 Å². The summed E-state index contributed by atoms with van der Waals surface area (Å²) in [7, 11) is 0. The fourth-order valence-electron chi connectivity index (χ4n) is 0.950. The van der Waals surface area contributed by atoms with Crippen molar-refractivity contribution in [1.82, 2.24) is 4.98 Å². The zero-order valence-electron chi connectivity index (χ0n) is 6.82. The van der Waals surface area contributed by atoms with E-state index >= 15 is 0 Å². The van der Waals surface area contributed by atoms with Crippen molar-refractivity contribution in [1.29, 1.82) is 0 Å². The summed E-state index contributed by atoms with van der Waals surface area (Å²) in [6, 6.07) is 1.14. The molecule has 1 rings (SSSR count). The van der Waals surface area contributed by atoms with Crippen LogP contribution in [-0.2, 0) is 5.33 Å². The number of aromatic nitrogens is 1. The van der Waals surface area contributed by atoms with Crippen molar-refractivity contribution >= 4 is 15.9 Å². The van der Waals surface area contributed by atoms with Crippen LogP contribution < -0.4 is 0 Å². The maximum absolute atomic E-state index is 12.9. The largest absolute Gasteiger partial charge is 0.265 e. The number of alkyl halides is 3. The van der Waals surface area contributed by atoms with Crippen molar-refractivity contribution in [2.24, 2.45) is 0 Å². The highest BCUT2D eigenvalue weighted by Crippen LogP contribution is 2.24. The normalized spacial score (nSPS) is 10.9. The second kappa shape index (κ2) is 4.09. The molecule has 0 radical (unpaired) electrons. The van der Waals surface area contributed by atoms with E-state index in [0.29, 0.717) is 0 Å². The van der Waals surface area contributed by atoms with E-state index in [1.165, 1.54) is 6.92 Å². The fourth-order valence-corrected chi connectivity index (χ4v) is 1.34. The predicted octanol–water partition coefficient (Wildman–Crippen LogP) is 3.36. The number of aryl methyl sites for hydroxylation is 1. The summed E-state index contributed by atoms with van der Waals surface area (Å²) >= 11 is 2.99. The van der Waals surface area contributed by atoms with Crippen molar-refractivity contribution < 1.29 is 13.2 Å². The monoisotopic (exact) mass is 253 g/mol. The van der Waals surface area contributed by atoms with Crippen LogP contribution in [0.15, 0.2) is 6.07 Å². The van der Waals surface area contributed by atoms with E-state index < -0.39 is 12.4 Å². The molecule has 1 heterocycles. The quantitative estimate of drug-likeness (QED) is 0.582. The molecule has 72 valence electrons. The minimum Gasteiger partial charge on any atom is -0.224 e. The summed E-state index contributed by atoms with van der Waals surface area (Å²) in [6.45, 7) is 1.36. The summed E-state index contributed by atoms with van der Waals surface area (Å²) in [5, 5.41) is 0.186. The van der Waals surface area contributed by atoms with Crippen LogP contribution in [0.25, 0.3) is 0 Å².